The van der Waals surface area contributed by atoms with Crippen LogP contribution in [0.1, 0.15) is 11.1 Å². The summed E-state index contributed by atoms with van der Waals surface area (Å²) in [6, 6.07) is 15.1. The zero-order valence-electron chi connectivity index (χ0n) is 13.4. The van der Waals surface area contributed by atoms with Gasteiger partial charge in [0.2, 0.25) is 5.91 Å². The van der Waals surface area contributed by atoms with E-state index < -0.39 is 18.1 Å². The minimum absolute atomic E-state index is 0.316. The lowest BCUT2D eigenvalue weighted by Gasteiger charge is -2.33. The molecule has 2 aromatic rings. The number of carbonyl (C=O) groups excluding carboxylic acids is 1. The smallest absolute Gasteiger partial charge is 0.248 e. The Morgan fingerprint density at radius 1 is 1.16 bits per heavy atom. The molecule has 1 heterocycles. The van der Waals surface area contributed by atoms with Gasteiger partial charge in [-0.3, -0.25) is 4.79 Å². The molecular weight excluding hydrogens is 339 g/mol. The maximum atomic E-state index is 13.2. The van der Waals surface area contributed by atoms with E-state index in [1.165, 1.54) is 23.9 Å². The number of carbonyl (C=O) groups is 1. The number of benzene rings is 2. The van der Waals surface area contributed by atoms with Crippen LogP contribution in [0.4, 0.5) is 4.39 Å². The Morgan fingerprint density at radius 3 is 2.48 bits per heavy atom. The molecule has 0 aromatic heterocycles. The third-order valence-corrected chi connectivity index (χ3v) is 4.78. The average Bonchev–Trinajstić information content (AvgIpc) is 3.10. The summed E-state index contributed by atoms with van der Waals surface area (Å²) in [5, 5.41) is 12.3. The second-order valence-corrected chi connectivity index (χ2v) is 6.48. The Morgan fingerprint density at radius 2 is 1.84 bits per heavy atom. The Bertz CT molecular complexity index is 765. The minimum atomic E-state index is -1.33. The number of hydrogen-bond acceptors (Lipinski definition) is 4. The minimum Gasteiger partial charge on any atom is -0.381 e. The summed E-state index contributed by atoms with van der Waals surface area (Å²) >= 11 is 1.44. The summed E-state index contributed by atoms with van der Waals surface area (Å²) in [4.78, 5) is 13.5. The molecule has 1 aliphatic heterocycles. The third kappa shape index (κ3) is 4.03. The molecule has 4 nitrogen and oxygen atoms in total. The van der Waals surface area contributed by atoms with Crippen molar-refractivity contribution < 1.29 is 14.3 Å². The van der Waals surface area contributed by atoms with Gasteiger partial charge in [0, 0.05) is 0 Å². The monoisotopic (exact) mass is 357 g/mol. The predicted octanol–water partition coefficient (Wildman–Crippen LogP) is 2.75. The van der Waals surface area contributed by atoms with Gasteiger partial charge in [0.05, 0.1) is 11.7 Å². The number of aliphatic hydroxyl groups is 1. The first-order valence-electron chi connectivity index (χ1n) is 7.81. The van der Waals surface area contributed by atoms with E-state index in [-0.39, 0.29) is 5.82 Å². The first-order valence-corrected chi connectivity index (χ1v) is 8.75. The number of rotatable bonds is 6. The number of nitrogens with zero attached hydrogens (tertiary/aromatic N) is 1. The summed E-state index contributed by atoms with van der Waals surface area (Å²) in [7, 11) is 0. The van der Waals surface area contributed by atoms with E-state index in [4.69, 9.17) is 5.73 Å². The Hall–Kier alpha value is -2.31. The van der Waals surface area contributed by atoms with Gasteiger partial charge in [-0.1, -0.05) is 30.3 Å². The van der Waals surface area contributed by atoms with Gasteiger partial charge in [-0.2, -0.15) is 0 Å². The van der Waals surface area contributed by atoms with Crippen molar-refractivity contribution in [2.45, 2.75) is 18.6 Å². The third-order valence-electron chi connectivity index (χ3n) is 4.07. The number of nitrogens with two attached hydrogens (primary N) is 1. The van der Waals surface area contributed by atoms with Gasteiger partial charge in [0.1, 0.15) is 11.7 Å². The summed E-state index contributed by atoms with van der Waals surface area (Å²) < 4.78 is 13.2. The first kappa shape index (κ1) is 17.5. The lowest BCUT2D eigenvalue weighted by atomic mass is 9.98. The number of hydrogen-bond donors (Lipinski definition) is 2. The number of amides is 1. The number of thioether (sulfide) groups is 1. The first-order chi connectivity index (χ1) is 12.1. The molecule has 2 unspecified atom stereocenters. The zero-order valence-corrected chi connectivity index (χ0v) is 14.2. The zero-order chi connectivity index (χ0) is 17.8. The van der Waals surface area contributed by atoms with Crippen molar-refractivity contribution in [2.24, 2.45) is 5.73 Å². The molecule has 0 fully saturated rings. The molecule has 0 saturated carbocycles. The molecule has 0 spiro atoms. The fraction of sp³-hybridized carbons (Fsp3) is 0.158. The SMILES string of the molecule is NC(=O)C(O)C(Cc1ccccc1)N1[CH]SC=C1c1ccc(F)cc1. The van der Waals surface area contributed by atoms with Gasteiger partial charge in [-0.15, -0.1) is 11.8 Å². The van der Waals surface area contributed by atoms with E-state index in [0.29, 0.717) is 6.42 Å². The van der Waals surface area contributed by atoms with Crippen LogP contribution in [0.5, 0.6) is 0 Å². The van der Waals surface area contributed by atoms with Crippen molar-refractivity contribution in [2.75, 3.05) is 0 Å². The van der Waals surface area contributed by atoms with Crippen LogP contribution in [0.25, 0.3) is 5.70 Å². The van der Waals surface area contributed by atoms with E-state index in [1.54, 1.807) is 12.1 Å². The van der Waals surface area contributed by atoms with Gasteiger partial charge in [-0.05, 0) is 47.2 Å². The van der Waals surface area contributed by atoms with Crippen molar-refractivity contribution >= 4 is 23.4 Å². The highest BCUT2D eigenvalue weighted by Gasteiger charge is 2.34. The molecule has 1 aliphatic rings. The highest BCUT2D eigenvalue weighted by Crippen LogP contribution is 2.37. The molecule has 6 heteroatoms. The highest BCUT2D eigenvalue weighted by atomic mass is 32.2. The van der Waals surface area contributed by atoms with Crippen molar-refractivity contribution in [3.63, 3.8) is 0 Å². The summed E-state index contributed by atoms with van der Waals surface area (Å²) in [6.07, 6.45) is -0.889. The molecular formula is C19H18FN2O2S. The maximum Gasteiger partial charge on any atom is 0.248 e. The quantitative estimate of drug-likeness (QED) is 0.834. The standard InChI is InChI=1S/C19H18FN2O2S/c20-15-8-6-14(7-9-15)17-11-25-12-22(17)16(18(23)19(21)24)10-13-4-2-1-3-5-13/h1-9,11-12,16,18,23H,10H2,(H2,21,24). The number of primary amides is 1. The molecule has 129 valence electrons. The lowest BCUT2D eigenvalue weighted by Crippen LogP contribution is -2.48. The van der Waals surface area contributed by atoms with Crippen molar-refractivity contribution in [3.05, 3.63) is 82.8 Å². The normalized spacial score (nSPS) is 16.4. The van der Waals surface area contributed by atoms with Crippen LogP contribution in [-0.4, -0.2) is 28.1 Å². The Labute approximate surface area is 150 Å². The van der Waals surface area contributed by atoms with E-state index in [1.807, 2.05) is 46.5 Å². The molecule has 1 radical (unpaired) electrons. The van der Waals surface area contributed by atoms with Crippen LogP contribution in [0.2, 0.25) is 0 Å². The molecule has 0 saturated heterocycles. The van der Waals surface area contributed by atoms with Crippen LogP contribution in [0.3, 0.4) is 0 Å². The molecule has 2 atom stereocenters. The van der Waals surface area contributed by atoms with E-state index >= 15 is 0 Å². The van der Waals surface area contributed by atoms with Crippen LogP contribution >= 0.6 is 11.8 Å². The van der Waals surface area contributed by atoms with Crippen molar-refractivity contribution in [3.8, 4) is 0 Å². The van der Waals surface area contributed by atoms with Gasteiger partial charge >= 0.3 is 0 Å². The second kappa shape index (κ2) is 7.72. The largest absolute Gasteiger partial charge is 0.381 e. The van der Waals surface area contributed by atoms with Crippen LogP contribution in [0.15, 0.2) is 60.0 Å². The van der Waals surface area contributed by atoms with Crippen LogP contribution in [0, 0.1) is 11.7 Å². The molecule has 3 rings (SSSR count). The van der Waals surface area contributed by atoms with Crippen LogP contribution < -0.4 is 5.73 Å². The molecule has 1 amide bonds. The summed E-state index contributed by atoms with van der Waals surface area (Å²) in [6.45, 7) is 0. The van der Waals surface area contributed by atoms with Crippen LogP contribution in [-0.2, 0) is 11.2 Å². The van der Waals surface area contributed by atoms with Gasteiger partial charge < -0.3 is 15.7 Å². The maximum absolute atomic E-state index is 13.2. The van der Waals surface area contributed by atoms with Gasteiger partial charge in [0.15, 0.2) is 6.10 Å². The summed E-state index contributed by atoms with van der Waals surface area (Å²) in [5.74, 6) is 0.742. The number of aliphatic hydroxyl groups excluding tert-OH is 1. The topological polar surface area (TPSA) is 66.6 Å². The van der Waals surface area contributed by atoms with E-state index in [9.17, 15) is 14.3 Å². The molecule has 0 bridgehead atoms. The fourth-order valence-corrected chi connectivity index (χ4v) is 3.63. The number of halogens is 1. The lowest BCUT2D eigenvalue weighted by molar-refractivity contribution is -0.128. The molecule has 0 aliphatic carbocycles. The second-order valence-electron chi connectivity index (χ2n) is 5.76. The fourth-order valence-electron chi connectivity index (χ4n) is 2.78. The van der Waals surface area contributed by atoms with E-state index in [2.05, 4.69) is 0 Å². The highest BCUT2D eigenvalue weighted by molar-refractivity contribution is 8.04. The van der Waals surface area contributed by atoms with Gasteiger partial charge in [-0.25, -0.2) is 4.39 Å². The average molecular weight is 357 g/mol. The predicted molar refractivity (Wildman–Crippen MR) is 97.2 cm³/mol. The molecule has 2 aromatic carbocycles. The molecule has 3 N–H and O–H groups in total. The Kier molecular flexibility index (Phi) is 5.40. The van der Waals surface area contributed by atoms with E-state index in [0.717, 1.165) is 16.8 Å². The Balaban J connectivity index is 1.90. The molecule has 25 heavy (non-hydrogen) atoms. The van der Waals surface area contributed by atoms with Gasteiger partial charge in [0.25, 0.3) is 0 Å². The van der Waals surface area contributed by atoms with Crippen molar-refractivity contribution in [1.82, 2.24) is 4.90 Å². The summed E-state index contributed by atoms with van der Waals surface area (Å²) in [5.41, 5.74) is 7.94. The van der Waals surface area contributed by atoms with Crippen molar-refractivity contribution in [1.29, 1.82) is 0 Å².